The molecule has 0 saturated carbocycles. The Kier molecular flexibility index (Phi) is 19.9. The molecule has 0 atom stereocenters. The minimum Gasteiger partial charge on any atom is -0.380 e. The molecule has 2 aliphatic heterocycles. The van der Waals surface area contributed by atoms with Crippen LogP contribution in [0, 0.1) is 11.8 Å². The summed E-state index contributed by atoms with van der Waals surface area (Å²) >= 11 is 7.87. The molecule has 6 nitrogen and oxygen atoms in total. The monoisotopic (exact) mass is 606 g/mol. The van der Waals surface area contributed by atoms with Crippen LogP contribution in [0.2, 0.25) is 0 Å². The van der Waals surface area contributed by atoms with Gasteiger partial charge in [0, 0.05) is 57.9 Å². The first-order valence-corrected chi connectivity index (χ1v) is 18.4. The van der Waals surface area contributed by atoms with E-state index in [-0.39, 0.29) is 11.8 Å². The van der Waals surface area contributed by atoms with E-state index in [1.165, 1.54) is 34.1 Å². The third kappa shape index (κ3) is 16.0. The number of thioether (sulfide) groups is 4. The summed E-state index contributed by atoms with van der Waals surface area (Å²) in [6.45, 7) is 8.28. The molecule has 2 aliphatic rings. The van der Waals surface area contributed by atoms with Gasteiger partial charge in [0.1, 0.15) is 0 Å². The lowest BCUT2D eigenvalue weighted by Gasteiger charge is -2.19. The Morgan fingerprint density at radius 3 is 1.21 bits per heavy atom. The molecule has 2 heterocycles. The van der Waals surface area contributed by atoms with Crippen molar-refractivity contribution in [3.8, 4) is 0 Å². The highest BCUT2D eigenvalue weighted by Gasteiger charge is 2.14. The average Bonchev–Trinajstić information content (AvgIpc) is 2.98. The molecule has 218 valence electrons. The minimum absolute atomic E-state index is 0.247. The number of ether oxygens (including phenoxy) is 6. The molecule has 2 saturated heterocycles. The van der Waals surface area contributed by atoms with E-state index in [0.717, 1.165) is 49.4 Å². The van der Waals surface area contributed by atoms with E-state index < -0.39 is 0 Å². The molecule has 0 aromatic heterocycles. The largest absolute Gasteiger partial charge is 0.380 e. The maximum atomic E-state index is 6.16. The van der Waals surface area contributed by atoms with Crippen LogP contribution in [0.25, 0.3) is 0 Å². The van der Waals surface area contributed by atoms with E-state index in [1.54, 1.807) is 0 Å². The van der Waals surface area contributed by atoms with Gasteiger partial charge in [-0.1, -0.05) is 24.3 Å². The van der Waals surface area contributed by atoms with Crippen LogP contribution >= 0.6 is 47.0 Å². The number of benzene rings is 1. The number of hydrogen-bond acceptors (Lipinski definition) is 10. The molecule has 0 aliphatic carbocycles. The van der Waals surface area contributed by atoms with Crippen LogP contribution in [0.15, 0.2) is 24.3 Å². The van der Waals surface area contributed by atoms with Gasteiger partial charge >= 0.3 is 0 Å². The molecule has 1 aromatic carbocycles. The average molecular weight is 607 g/mol. The third-order valence-electron chi connectivity index (χ3n) is 5.99. The van der Waals surface area contributed by atoms with E-state index in [1.807, 2.05) is 47.0 Å². The summed E-state index contributed by atoms with van der Waals surface area (Å²) in [7, 11) is 0. The van der Waals surface area contributed by atoms with Crippen LogP contribution in [0.5, 0.6) is 0 Å². The predicted octanol–water partition coefficient (Wildman–Crippen LogP) is 4.98. The quantitative estimate of drug-likeness (QED) is 0.405. The van der Waals surface area contributed by atoms with Gasteiger partial charge in [-0.2, -0.15) is 47.0 Å². The van der Waals surface area contributed by atoms with E-state index >= 15 is 0 Å². The zero-order valence-electron chi connectivity index (χ0n) is 22.7. The van der Waals surface area contributed by atoms with Crippen LogP contribution in [-0.2, 0) is 41.6 Å². The first-order valence-electron chi connectivity index (χ1n) is 13.8. The van der Waals surface area contributed by atoms with Crippen molar-refractivity contribution < 1.29 is 28.4 Å². The van der Waals surface area contributed by atoms with Gasteiger partial charge in [-0.25, -0.2) is 0 Å². The highest BCUT2D eigenvalue weighted by atomic mass is 32.2. The fourth-order valence-electron chi connectivity index (χ4n) is 3.91. The summed E-state index contributed by atoms with van der Waals surface area (Å²) in [4.78, 5) is 0. The van der Waals surface area contributed by atoms with Crippen LogP contribution in [0.3, 0.4) is 0 Å². The molecule has 2 fully saturated rings. The molecule has 0 unspecified atom stereocenters. The van der Waals surface area contributed by atoms with Crippen molar-refractivity contribution in [1.82, 2.24) is 0 Å². The smallest absolute Gasteiger partial charge is 0.0720 e. The topological polar surface area (TPSA) is 55.4 Å². The van der Waals surface area contributed by atoms with E-state index in [4.69, 9.17) is 28.4 Å². The minimum atomic E-state index is 0.247. The molecule has 0 N–H and O–H groups in total. The van der Waals surface area contributed by atoms with Crippen molar-refractivity contribution in [2.45, 2.75) is 13.2 Å². The van der Waals surface area contributed by atoms with Crippen molar-refractivity contribution in [3.05, 3.63) is 35.4 Å². The first kappa shape index (κ1) is 32.9. The molecule has 0 bridgehead atoms. The summed E-state index contributed by atoms with van der Waals surface area (Å²) in [6.07, 6.45) is 0. The van der Waals surface area contributed by atoms with Gasteiger partial charge in [-0.3, -0.25) is 0 Å². The second kappa shape index (κ2) is 23.0. The molecule has 38 heavy (non-hydrogen) atoms. The van der Waals surface area contributed by atoms with Gasteiger partial charge < -0.3 is 28.4 Å². The molecule has 0 radical (unpaired) electrons. The Bertz CT molecular complexity index is 616. The summed E-state index contributed by atoms with van der Waals surface area (Å²) in [5, 5.41) is 0. The number of rotatable bonds is 8. The fraction of sp³-hybridized carbons (Fsp3) is 0.786. The van der Waals surface area contributed by atoms with Crippen molar-refractivity contribution >= 4 is 47.0 Å². The van der Waals surface area contributed by atoms with Gasteiger partial charge in [0.25, 0.3) is 0 Å². The van der Waals surface area contributed by atoms with Gasteiger partial charge in [0.2, 0.25) is 0 Å². The second-order valence-corrected chi connectivity index (χ2v) is 14.2. The first-order chi connectivity index (χ1) is 18.9. The molecule has 10 heteroatoms. The molecule has 3 rings (SSSR count). The van der Waals surface area contributed by atoms with E-state index in [0.29, 0.717) is 52.9 Å². The molecule has 0 amide bonds. The van der Waals surface area contributed by atoms with Crippen molar-refractivity contribution in [2.75, 3.05) is 112 Å². The van der Waals surface area contributed by atoms with Crippen LogP contribution in [0.1, 0.15) is 11.1 Å². The SMILES string of the molecule is c1ccc(COCC2COCCSCCSCCOC2)c(COCC2COCCSCCSCCOC2)c1. The fourth-order valence-corrected chi connectivity index (χ4v) is 7.56. The third-order valence-corrected chi connectivity index (χ3v) is 10.3. The van der Waals surface area contributed by atoms with Crippen LogP contribution in [-0.4, -0.2) is 112 Å². The zero-order chi connectivity index (χ0) is 26.4. The van der Waals surface area contributed by atoms with E-state index in [2.05, 4.69) is 24.3 Å². The Hall–Kier alpha value is 0.380. The lowest BCUT2D eigenvalue weighted by molar-refractivity contribution is -0.00811. The molecular weight excluding hydrogens is 561 g/mol. The highest BCUT2D eigenvalue weighted by molar-refractivity contribution is 8.03. The van der Waals surface area contributed by atoms with Crippen LogP contribution < -0.4 is 0 Å². The highest BCUT2D eigenvalue weighted by Crippen LogP contribution is 2.15. The normalized spacial score (nSPS) is 21.7. The predicted molar refractivity (Wildman–Crippen MR) is 165 cm³/mol. The Labute approximate surface area is 247 Å². The molecule has 1 aromatic rings. The lowest BCUT2D eigenvalue weighted by atomic mass is 10.1. The molecule has 0 spiro atoms. The maximum absolute atomic E-state index is 6.16. The van der Waals surface area contributed by atoms with Crippen LogP contribution in [0.4, 0.5) is 0 Å². The standard InChI is InChI=1S/C28H46O6S4/c1-2-4-28(24-34-22-26-19-31-7-11-37-15-16-38-12-8-32-20-26)27(3-1)23-33-21-25-17-29-5-9-35-13-14-36-10-6-30-18-25/h1-4,25-26H,5-24H2. The lowest BCUT2D eigenvalue weighted by Crippen LogP contribution is -2.23. The Morgan fingerprint density at radius 1 is 0.526 bits per heavy atom. The second-order valence-electron chi connectivity index (χ2n) is 9.28. The van der Waals surface area contributed by atoms with Gasteiger partial charge in [0.15, 0.2) is 0 Å². The Balaban J connectivity index is 1.39. The summed E-state index contributed by atoms with van der Waals surface area (Å²) < 4.78 is 36.0. The van der Waals surface area contributed by atoms with Gasteiger partial charge in [0.05, 0.1) is 79.3 Å². The van der Waals surface area contributed by atoms with Crippen molar-refractivity contribution in [2.24, 2.45) is 11.8 Å². The van der Waals surface area contributed by atoms with E-state index in [9.17, 15) is 0 Å². The Morgan fingerprint density at radius 2 is 0.868 bits per heavy atom. The number of hydrogen-bond donors (Lipinski definition) is 0. The summed E-state index contributed by atoms with van der Waals surface area (Å²) in [5.74, 6) is 9.45. The van der Waals surface area contributed by atoms with Gasteiger partial charge in [-0.05, 0) is 11.1 Å². The molecular formula is C28H46O6S4. The van der Waals surface area contributed by atoms with Crippen molar-refractivity contribution in [1.29, 1.82) is 0 Å². The summed E-state index contributed by atoms with van der Waals surface area (Å²) in [5.41, 5.74) is 2.34. The van der Waals surface area contributed by atoms with Crippen molar-refractivity contribution in [3.63, 3.8) is 0 Å². The summed E-state index contributed by atoms with van der Waals surface area (Å²) in [6, 6.07) is 8.39. The van der Waals surface area contributed by atoms with Gasteiger partial charge in [-0.15, -0.1) is 0 Å². The zero-order valence-corrected chi connectivity index (χ0v) is 26.0. The maximum Gasteiger partial charge on any atom is 0.0720 e.